The van der Waals surface area contributed by atoms with Crippen LogP contribution in [0.3, 0.4) is 0 Å². The Morgan fingerprint density at radius 3 is 1.38 bits per heavy atom. The number of aryl methyl sites for hydroxylation is 2. The Hall–Kier alpha value is -5.62. The fraction of sp³-hybridized carbons (Fsp3) is 0.450. The standard InChI is InChI=1S/C40H48N8O4/c1-39(2,3)19-17-29-25-45(7)43-37(29)33-21-31(47(49)50)13-15-35(33)41-23-27-9-11-28(12-10-27)24-42-36-16-14-32(48(51)52)22-34(36)38-30(26-46(8)44-38)18-20-40(4,5)6/h13-16,21-22,25-28,41-42H,9-12,23-24H2,1-8H3. The van der Waals surface area contributed by atoms with Crippen molar-refractivity contribution in [2.24, 2.45) is 36.8 Å². The monoisotopic (exact) mass is 704 g/mol. The molecule has 12 nitrogen and oxygen atoms in total. The number of nitrogens with zero attached hydrogens (tertiary/aromatic N) is 6. The molecule has 0 atom stereocenters. The van der Waals surface area contributed by atoms with Gasteiger partial charge in [0, 0.05) is 97.2 Å². The van der Waals surface area contributed by atoms with E-state index in [-0.39, 0.29) is 32.1 Å². The van der Waals surface area contributed by atoms with Gasteiger partial charge in [-0.05, 0) is 91.2 Å². The van der Waals surface area contributed by atoms with Gasteiger partial charge in [0.1, 0.15) is 11.4 Å². The van der Waals surface area contributed by atoms with Crippen molar-refractivity contribution in [2.45, 2.75) is 67.2 Å². The summed E-state index contributed by atoms with van der Waals surface area (Å²) in [5, 5.41) is 39.9. The number of benzene rings is 2. The maximum atomic E-state index is 11.7. The topological polar surface area (TPSA) is 146 Å². The third-order valence-corrected chi connectivity index (χ3v) is 8.87. The molecule has 0 aliphatic heterocycles. The second kappa shape index (κ2) is 15.3. The van der Waals surface area contributed by atoms with Crippen molar-refractivity contribution >= 4 is 22.7 Å². The largest absolute Gasteiger partial charge is 0.384 e. The van der Waals surface area contributed by atoms with Gasteiger partial charge in [-0.3, -0.25) is 29.6 Å². The first-order chi connectivity index (χ1) is 24.5. The zero-order valence-electron chi connectivity index (χ0n) is 31.3. The van der Waals surface area contributed by atoms with Gasteiger partial charge in [-0.2, -0.15) is 10.2 Å². The molecule has 1 aliphatic rings. The second-order valence-electron chi connectivity index (χ2n) is 15.8. The zero-order valence-corrected chi connectivity index (χ0v) is 31.3. The van der Waals surface area contributed by atoms with Crippen LogP contribution in [0, 0.1) is 66.6 Å². The van der Waals surface area contributed by atoms with E-state index >= 15 is 0 Å². The van der Waals surface area contributed by atoms with Gasteiger partial charge < -0.3 is 10.6 Å². The maximum absolute atomic E-state index is 11.7. The molecule has 2 N–H and O–H groups in total. The van der Waals surface area contributed by atoms with Crippen LogP contribution in [0.1, 0.15) is 78.4 Å². The number of rotatable bonds is 10. The molecule has 0 unspecified atom stereocenters. The third-order valence-electron chi connectivity index (χ3n) is 8.87. The van der Waals surface area contributed by atoms with Crippen molar-refractivity contribution in [1.29, 1.82) is 0 Å². The third kappa shape index (κ3) is 9.79. The molecule has 0 saturated heterocycles. The number of nitro benzene ring substituents is 2. The summed E-state index contributed by atoms with van der Waals surface area (Å²) >= 11 is 0. The van der Waals surface area contributed by atoms with Crippen LogP contribution in [0.5, 0.6) is 0 Å². The molecule has 5 rings (SSSR count). The molecule has 2 aromatic heterocycles. The van der Waals surface area contributed by atoms with Crippen LogP contribution in [-0.2, 0) is 14.1 Å². The molecule has 0 amide bonds. The molecule has 1 fully saturated rings. The molecule has 4 aromatic rings. The van der Waals surface area contributed by atoms with Crippen molar-refractivity contribution in [3.8, 4) is 46.2 Å². The molecular formula is C40H48N8O4. The van der Waals surface area contributed by atoms with Gasteiger partial charge in [-0.15, -0.1) is 0 Å². The van der Waals surface area contributed by atoms with Crippen LogP contribution < -0.4 is 10.6 Å². The van der Waals surface area contributed by atoms with Crippen molar-refractivity contribution < 1.29 is 9.85 Å². The minimum atomic E-state index is -0.387. The van der Waals surface area contributed by atoms with Gasteiger partial charge in [-0.1, -0.05) is 23.7 Å². The van der Waals surface area contributed by atoms with Gasteiger partial charge in [0.25, 0.3) is 11.4 Å². The van der Waals surface area contributed by atoms with Crippen LogP contribution in [0.4, 0.5) is 22.7 Å². The van der Waals surface area contributed by atoms with Crippen LogP contribution in [-0.4, -0.2) is 42.5 Å². The Morgan fingerprint density at radius 1 is 0.692 bits per heavy atom. The highest BCUT2D eigenvalue weighted by Crippen LogP contribution is 2.37. The van der Waals surface area contributed by atoms with E-state index in [4.69, 9.17) is 0 Å². The van der Waals surface area contributed by atoms with E-state index in [0.29, 0.717) is 34.4 Å². The summed E-state index contributed by atoms with van der Waals surface area (Å²) in [6.45, 7) is 13.7. The molecule has 2 heterocycles. The average molecular weight is 705 g/mol. The van der Waals surface area contributed by atoms with Gasteiger partial charge in [0.2, 0.25) is 0 Å². The number of nitrogens with one attached hydrogen (secondary N) is 2. The molecule has 2 aromatic carbocycles. The van der Waals surface area contributed by atoms with E-state index in [0.717, 1.165) is 61.3 Å². The summed E-state index contributed by atoms with van der Waals surface area (Å²) in [5.41, 5.74) is 5.16. The van der Waals surface area contributed by atoms with Crippen LogP contribution in [0.25, 0.3) is 22.5 Å². The summed E-state index contributed by atoms with van der Waals surface area (Å²) in [4.78, 5) is 22.7. The summed E-state index contributed by atoms with van der Waals surface area (Å²) < 4.78 is 3.38. The number of non-ortho nitro benzene ring substituents is 2. The van der Waals surface area contributed by atoms with E-state index in [1.807, 2.05) is 68.0 Å². The molecule has 0 bridgehead atoms. The minimum absolute atomic E-state index is 0.00206. The summed E-state index contributed by atoms with van der Waals surface area (Å²) in [6.07, 6.45) is 7.78. The first kappa shape index (κ1) is 37.6. The highest BCUT2D eigenvalue weighted by Gasteiger charge is 2.24. The molecule has 0 spiro atoms. The number of anilines is 2. The molecule has 12 heteroatoms. The fourth-order valence-electron chi connectivity index (χ4n) is 6.21. The summed E-state index contributed by atoms with van der Waals surface area (Å²) in [7, 11) is 3.65. The maximum Gasteiger partial charge on any atom is 0.270 e. The Bertz CT molecular complexity index is 1940. The van der Waals surface area contributed by atoms with Gasteiger partial charge in [-0.25, -0.2) is 0 Å². The van der Waals surface area contributed by atoms with E-state index in [2.05, 4.69) is 44.5 Å². The lowest BCUT2D eigenvalue weighted by Gasteiger charge is -2.29. The molecule has 1 aliphatic carbocycles. The first-order valence-corrected chi connectivity index (χ1v) is 17.6. The van der Waals surface area contributed by atoms with Gasteiger partial charge in [0.15, 0.2) is 0 Å². The second-order valence-corrected chi connectivity index (χ2v) is 15.8. The number of hydrogen-bond donors (Lipinski definition) is 2. The Balaban J connectivity index is 1.27. The Morgan fingerprint density at radius 2 is 1.06 bits per heavy atom. The number of aromatic nitrogens is 4. The smallest absolute Gasteiger partial charge is 0.270 e. The van der Waals surface area contributed by atoms with E-state index in [1.165, 1.54) is 12.1 Å². The number of nitro groups is 2. The van der Waals surface area contributed by atoms with Crippen LogP contribution in [0.2, 0.25) is 0 Å². The van der Waals surface area contributed by atoms with Crippen molar-refractivity contribution in [2.75, 3.05) is 23.7 Å². The molecule has 272 valence electrons. The van der Waals surface area contributed by atoms with Crippen LogP contribution >= 0.6 is 0 Å². The fourth-order valence-corrected chi connectivity index (χ4v) is 6.21. The van der Waals surface area contributed by atoms with E-state index in [1.54, 1.807) is 33.6 Å². The SMILES string of the molecule is Cn1cc(C#CC(C)(C)C)c(-c2cc([N+](=O)[O-])ccc2NCC2CCC(CNc3ccc([N+](=O)[O-])cc3-c3nn(C)cc3C#CC(C)(C)C)CC2)n1. The lowest BCUT2D eigenvalue weighted by atomic mass is 9.82. The Labute approximate surface area is 305 Å². The van der Waals surface area contributed by atoms with Gasteiger partial charge >= 0.3 is 0 Å². The van der Waals surface area contributed by atoms with Crippen LogP contribution in [0.15, 0.2) is 48.8 Å². The van der Waals surface area contributed by atoms with Crippen molar-refractivity contribution in [3.05, 3.63) is 80.1 Å². The normalized spacial score (nSPS) is 15.9. The molecule has 0 radical (unpaired) electrons. The highest BCUT2D eigenvalue weighted by molar-refractivity contribution is 5.82. The predicted octanol–water partition coefficient (Wildman–Crippen LogP) is 8.43. The van der Waals surface area contributed by atoms with Crippen molar-refractivity contribution in [1.82, 2.24) is 19.6 Å². The minimum Gasteiger partial charge on any atom is -0.384 e. The molecule has 1 saturated carbocycles. The number of hydrogen-bond acceptors (Lipinski definition) is 8. The quantitative estimate of drug-likeness (QED) is 0.0950. The zero-order chi connectivity index (χ0) is 37.8. The van der Waals surface area contributed by atoms with E-state index in [9.17, 15) is 20.2 Å². The van der Waals surface area contributed by atoms with Crippen molar-refractivity contribution in [3.63, 3.8) is 0 Å². The Kier molecular flexibility index (Phi) is 11.1. The predicted molar refractivity (Wildman–Crippen MR) is 206 cm³/mol. The lowest BCUT2D eigenvalue weighted by Crippen LogP contribution is -2.25. The van der Waals surface area contributed by atoms with E-state index < -0.39 is 0 Å². The molecule has 52 heavy (non-hydrogen) atoms. The average Bonchev–Trinajstić information content (AvgIpc) is 3.65. The highest BCUT2D eigenvalue weighted by atomic mass is 16.6. The first-order valence-electron chi connectivity index (χ1n) is 17.6. The van der Waals surface area contributed by atoms with Gasteiger partial charge in [0.05, 0.1) is 21.0 Å². The summed E-state index contributed by atoms with van der Waals surface area (Å²) in [6, 6.07) is 9.73. The lowest BCUT2D eigenvalue weighted by molar-refractivity contribution is -0.385. The summed E-state index contributed by atoms with van der Waals surface area (Å²) in [5.74, 6) is 13.9. The molecular weight excluding hydrogens is 656 g/mol.